The van der Waals surface area contributed by atoms with Crippen LogP contribution in [0.25, 0.3) is 16.2 Å². The van der Waals surface area contributed by atoms with E-state index in [0.717, 1.165) is 36.4 Å². The summed E-state index contributed by atoms with van der Waals surface area (Å²) >= 11 is 1.77. The summed E-state index contributed by atoms with van der Waals surface area (Å²) in [5.74, 6) is 1.05. The fraction of sp³-hybridized carbons (Fsp3) is 0.333. The van der Waals surface area contributed by atoms with Gasteiger partial charge in [-0.25, -0.2) is 9.97 Å². The van der Waals surface area contributed by atoms with Crippen molar-refractivity contribution in [3.63, 3.8) is 0 Å². The molecule has 4 nitrogen and oxygen atoms in total. The van der Waals surface area contributed by atoms with E-state index in [4.69, 9.17) is 9.72 Å². The van der Waals surface area contributed by atoms with E-state index in [9.17, 15) is 0 Å². The molecule has 0 fully saturated rings. The summed E-state index contributed by atoms with van der Waals surface area (Å²) in [4.78, 5) is 10.5. The molecule has 20 heavy (non-hydrogen) atoms. The molecule has 0 radical (unpaired) electrons. The summed E-state index contributed by atoms with van der Waals surface area (Å²) < 4.78 is 7.31. The van der Waals surface area contributed by atoms with Crippen molar-refractivity contribution < 1.29 is 4.74 Å². The maximum atomic E-state index is 5.14. The van der Waals surface area contributed by atoms with Gasteiger partial charge in [0.05, 0.1) is 0 Å². The standard InChI is InChI=1S/C15H17N3OS/c1-11-7-8-14(20-11)18-13(6-4-10-19-2)17-12-5-3-9-16-15(12)18/h3,5,7-9H,4,6,10H2,1-2H3. The van der Waals surface area contributed by atoms with Crippen LogP contribution in [0, 0.1) is 6.92 Å². The molecule has 0 atom stereocenters. The maximum Gasteiger partial charge on any atom is 0.165 e. The van der Waals surface area contributed by atoms with Crippen LogP contribution in [0.1, 0.15) is 17.1 Å². The van der Waals surface area contributed by atoms with E-state index in [1.54, 1.807) is 18.4 Å². The summed E-state index contributed by atoms with van der Waals surface area (Å²) in [5.41, 5.74) is 1.88. The number of aryl methyl sites for hydroxylation is 2. The van der Waals surface area contributed by atoms with Crippen LogP contribution in [0.4, 0.5) is 0 Å². The lowest BCUT2D eigenvalue weighted by atomic mass is 10.3. The summed E-state index contributed by atoms with van der Waals surface area (Å²) in [5, 5.41) is 1.18. The summed E-state index contributed by atoms with van der Waals surface area (Å²) in [6, 6.07) is 8.21. The first-order chi connectivity index (χ1) is 9.79. The largest absolute Gasteiger partial charge is 0.385 e. The molecule has 3 heterocycles. The van der Waals surface area contributed by atoms with Crippen LogP contribution in [0.2, 0.25) is 0 Å². The van der Waals surface area contributed by atoms with E-state index >= 15 is 0 Å². The van der Waals surface area contributed by atoms with Gasteiger partial charge in [-0.15, -0.1) is 11.3 Å². The predicted molar refractivity (Wildman–Crippen MR) is 81.7 cm³/mol. The predicted octanol–water partition coefficient (Wildman–Crippen LogP) is 3.37. The van der Waals surface area contributed by atoms with Gasteiger partial charge in [-0.2, -0.15) is 0 Å². The van der Waals surface area contributed by atoms with Crippen molar-refractivity contribution in [3.8, 4) is 5.00 Å². The number of ether oxygens (including phenoxy) is 1. The number of pyridine rings is 1. The fourth-order valence-electron chi connectivity index (χ4n) is 2.28. The number of hydrogen-bond donors (Lipinski definition) is 0. The van der Waals surface area contributed by atoms with Crippen molar-refractivity contribution in [2.75, 3.05) is 13.7 Å². The van der Waals surface area contributed by atoms with Crippen molar-refractivity contribution in [1.82, 2.24) is 14.5 Å². The molecule has 0 bridgehead atoms. The van der Waals surface area contributed by atoms with E-state index in [2.05, 4.69) is 28.6 Å². The van der Waals surface area contributed by atoms with Crippen LogP contribution in [0.5, 0.6) is 0 Å². The third-order valence-electron chi connectivity index (χ3n) is 3.18. The highest BCUT2D eigenvalue weighted by molar-refractivity contribution is 7.14. The highest BCUT2D eigenvalue weighted by Crippen LogP contribution is 2.26. The molecule has 0 aliphatic carbocycles. The smallest absolute Gasteiger partial charge is 0.165 e. The first-order valence-corrected chi connectivity index (χ1v) is 7.49. The highest BCUT2D eigenvalue weighted by Gasteiger charge is 2.14. The Hall–Kier alpha value is -1.72. The Balaban J connectivity index is 2.08. The van der Waals surface area contributed by atoms with Crippen LogP contribution < -0.4 is 0 Å². The molecule has 104 valence electrons. The van der Waals surface area contributed by atoms with Crippen LogP contribution in [0.3, 0.4) is 0 Å². The molecule has 0 unspecified atom stereocenters. The number of thiophene rings is 1. The van der Waals surface area contributed by atoms with Crippen molar-refractivity contribution in [2.45, 2.75) is 19.8 Å². The maximum absolute atomic E-state index is 5.14. The Labute approximate surface area is 122 Å². The molecule has 3 rings (SSSR count). The summed E-state index contributed by atoms with van der Waals surface area (Å²) in [7, 11) is 1.73. The van der Waals surface area contributed by atoms with Crippen molar-refractivity contribution in [3.05, 3.63) is 41.2 Å². The zero-order chi connectivity index (χ0) is 13.9. The van der Waals surface area contributed by atoms with E-state index in [1.165, 1.54) is 9.88 Å². The molecule has 0 saturated heterocycles. The van der Waals surface area contributed by atoms with E-state index in [-0.39, 0.29) is 0 Å². The van der Waals surface area contributed by atoms with E-state index in [1.807, 2.05) is 18.3 Å². The quantitative estimate of drug-likeness (QED) is 0.675. The molecular weight excluding hydrogens is 270 g/mol. The topological polar surface area (TPSA) is 39.9 Å². The van der Waals surface area contributed by atoms with Gasteiger partial charge in [-0.1, -0.05) is 0 Å². The minimum absolute atomic E-state index is 0.750. The lowest BCUT2D eigenvalue weighted by Crippen LogP contribution is -2.02. The number of hydrogen-bond acceptors (Lipinski definition) is 4. The van der Waals surface area contributed by atoms with Gasteiger partial charge in [-0.05, 0) is 37.6 Å². The second-order valence-electron chi connectivity index (χ2n) is 4.69. The molecule has 0 spiro atoms. The molecule has 0 aliphatic rings. The number of nitrogens with zero attached hydrogens (tertiary/aromatic N) is 3. The van der Waals surface area contributed by atoms with E-state index < -0.39 is 0 Å². The number of aromatic nitrogens is 3. The van der Waals surface area contributed by atoms with Crippen LogP contribution >= 0.6 is 11.3 Å². The number of imidazole rings is 1. The van der Waals surface area contributed by atoms with Gasteiger partial charge in [0, 0.05) is 31.2 Å². The van der Waals surface area contributed by atoms with Gasteiger partial charge >= 0.3 is 0 Å². The number of methoxy groups -OCH3 is 1. The second-order valence-corrected chi connectivity index (χ2v) is 5.96. The number of fused-ring (bicyclic) bond motifs is 1. The Morgan fingerprint density at radius 3 is 2.95 bits per heavy atom. The molecule has 3 aromatic rings. The van der Waals surface area contributed by atoms with Crippen molar-refractivity contribution in [1.29, 1.82) is 0 Å². The first kappa shape index (κ1) is 13.3. The van der Waals surface area contributed by atoms with E-state index in [0.29, 0.717) is 0 Å². The molecule has 3 aromatic heterocycles. The van der Waals surface area contributed by atoms with Gasteiger partial charge in [-0.3, -0.25) is 4.57 Å². The third-order valence-corrected chi connectivity index (χ3v) is 4.17. The molecule has 0 saturated carbocycles. The SMILES string of the molecule is COCCCc1nc2cccnc2n1-c1ccc(C)s1. The molecule has 0 amide bonds. The molecular formula is C15H17N3OS. The Kier molecular flexibility index (Phi) is 3.80. The lowest BCUT2D eigenvalue weighted by Gasteiger charge is -2.05. The van der Waals surface area contributed by atoms with Crippen molar-refractivity contribution in [2.24, 2.45) is 0 Å². The monoisotopic (exact) mass is 287 g/mol. The van der Waals surface area contributed by atoms with Crippen LogP contribution in [-0.2, 0) is 11.2 Å². The summed E-state index contributed by atoms with van der Waals surface area (Å²) in [6.07, 6.45) is 3.67. The minimum Gasteiger partial charge on any atom is -0.385 e. The highest BCUT2D eigenvalue weighted by atomic mass is 32.1. The van der Waals surface area contributed by atoms with Gasteiger partial charge < -0.3 is 4.74 Å². The van der Waals surface area contributed by atoms with Crippen LogP contribution in [-0.4, -0.2) is 28.3 Å². The Morgan fingerprint density at radius 1 is 1.30 bits per heavy atom. The molecule has 0 N–H and O–H groups in total. The Morgan fingerprint density at radius 2 is 2.20 bits per heavy atom. The average molecular weight is 287 g/mol. The minimum atomic E-state index is 0.750. The average Bonchev–Trinajstić information content (AvgIpc) is 3.02. The third kappa shape index (κ3) is 2.46. The van der Waals surface area contributed by atoms with Gasteiger partial charge in [0.1, 0.15) is 16.3 Å². The zero-order valence-electron chi connectivity index (χ0n) is 11.7. The second kappa shape index (κ2) is 5.73. The number of rotatable bonds is 5. The summed E-state index contributed by atoms with van der Waals surface area (Å²) in [6.45, 7) is 2.87. The van der Waals surface area contributed by atoms with Gasteiger partial charge in [0.2, 0.25) is 0 Å². The first-order valence-electron chi connectivity index (χ1n) is 6.67. The van der Waals surface area contributed by atoms with Gasteiger partial charge in [0.25, 0.3) is 0 Å². The molecule has 0 aromatic carbocycles. The molecule has 5 heteroatoms. The van der Waals surface area contributed by atoms with Crippen molar-refractivity contribution >= 4 is 22.5 Å². The molecule has 0 aliphatic heterocycles. The normalized spacial score (nSPS) is 11.3. The zero-order valence-corrected chi connectivity index (χ0v) is 12.5. The Bertz CT molecular complexity index is 717. The van der Waals surface area contributed by atoms with Gasteiger partial charge in [0.15, 0.2) is 5.65 Å². The lowest BCUT2D eigenvalue weighted by molar-refractivity contribution is 0.194. The fourth-order valence-corrected chi connectivity index (χ4v) is 3.16. The van der Waals surface area contributed by atoms with Crippen LogP contribution in [0.15, 0.2) is 30.5 Å².